The molecule has 0 aliphatic carbocycles. The van der Waals surface area contributed by atoms with Gasteiger partial charge in [-0.2, -0.15) is 5.26 Å². The maximum atomic E-state index is 8.22. The molecule has 1 rings (SSSR count). The van der Waals surface area contributed by atoms with Crippen molar-refractivity contribution < 1.29 is 4.42 Å². The average Bonchev–Trinajstić information content (AvgIpc) is 2.14. The first-order valence-corrected chi connectivity index (χ1v) is 2.06. The Kier molecular flexibility index (Phi) is 0.935. The van der Waals surface area contributed by atoms with Gasteiger partial charge in [0, 0.05) is 0 Å². The van der Waals surface area contributed by atoms with Gasteiger partial charge >= 0.3 is 0 Å². The first-order valence-electron chi connectivity index (χ1n) is 2.06. The normalized spacial score (nSPS) is 8.38. The Morgan fingerprint density at radius 2 is 2.38 bits per heavy atom. The second kappa shape index (κ2) is 1.58. The van der Waals surface area contributed by atoms with Gasteiger partial charge in [0.15, 0.2) is 0 Å². The zero-order chi connectivity index (χ0) is 5.98. The van der Waals surface area contributed by atoms with Gasteiger partial charge in [0.25, 0.3) is 0 Å². The van der Waals surface area contributed by atoms with Crippen molar-refractivity contribution in [2.45, 2.75) is 0 Å². The summed E-state index contributed by atoms with van der Waals surface area (Å²) in [5, 5.41) is 8.22. The van der Waals surface area contributed by atoms with Gasteiger partial charge in [0.05, 0.1) is 5.69 Å². The van der Waals surface area contributed by atoms with E-state index in [-0.39, 0.29) is 0 Å². The molecule has 8 heavy (non-hydrogen) atoms. The van der Waals surface area contributed by atoms with Crippen molar-refractivity contribution in [2.24, 2.45) is 0 Å². The molecule has 1 heterocycles. The summed E-state index contributed by atoms with van der Waals surface area (Å²) in [5.74, 6) is 0. The number of hydrogen-bond acceptors (Lipinski definition) is 3. The van der Waals surface area contributed by atoms with E-state index >= 15 is 0 Å². The summed E-state index contributed by atoms with van der Waals surface area (Å²) < 4.78 is 4.59. The molecule has 0 radical (unpaired) electrons. The number of nitrogens with two attached hydrogens (primary N) is 1. The van der Waals surface area contributed by atoms with E-state index in [1.807, 2.05) is 6.07 Å². The van der Waals surface area contributed by atoms with E-state index in [4.69, 9.17) is 11.0 Å². The molecule has 3 nitrogen and oxygen atoms in total. The highest BCUT2D eigenvalue weighted by Gasteiger charge is 1.95. The van der Waals surface area contributed by atoms with Crippen LogP contribution in [0, 0.1) is 11.3 Å². The van der Waals surface area contributed by atoms with Crippen LogP contribution in [0.4, 0.5) is 5.69 Å². The molecule has 1 aromatic rings. The van der Waals surface area contributed by atoms with Crippen molar-refractivity contribution in [3.05, 3.63) is 18.1 Å². The first kappa shape index (κ1) is 4.72. The van der Waals surface area contributed by atoms with E-state index in [1.54, 1.807) is 0 Å². The highest BCUT2D eigenvalue weighted by Crippen LogP contribution is 2.08. The fourth-order valence-electron chi connectivity index (χ4n) is 0.398. The van der Waals surface area contributed by atoms with E-state index in [0.717, 1.165) is 0 Å². The van der Waals surface area contributed by atoms with E-state index in [9.17, 15) is 0 Å². The van der Waals surface area contributed by atoms with E-state index < -0.39 is 0 Å². The summed E-state index contributed by atoms with van der Waals surface area (Å²) in [4.78, 5) is 0. The Labute approximate surface area is 46.3 Å². The molecule has 0 saturated heterocycles. The molecule has 1 aromatic heterocycles. The van der Waals surface area contributed by atoms with Crippen LogP contribution < -0.4 is 5.73 Å². The lowest BCUT2D eigenvalue weighted by Crippen LogP contribution is -1.81. The lowest BCUT2D eigenvalue weighted by molar-refractivity contribution is 0.567. The molecular formula is C5H4N2O. The average molecular weight is 108 g/mol. The number of rotatable bonds is 0. The van der Waals surface area contributed by atoms with Crippen molar-refractivity contribution in [3.8, 4) is 6.07 Å². The molecule has 0 aromatic carbocycles. The van der Waals surface area contributed by atoms with Crippen LogP contribution in [0.3, 0.4) is 0 Å². The van der Waals surface area contributed by atoms with Gasteiger partial charge in [-0.1, -0.05) is 0 Å². The van der Waals surface area contributed by atoms with Crippen LogP contribution in [0.25, 0.3) is 0 Å². The van der Waals surface area contributed by atoms with Gasteiger partial charge < -0.3 is 10.2 Å². The van der Waals surface area contributed by atoms with Crippen LogP contribution in [0.5, 0.6) is 0 Å². The lowest BCUT2D eigenvalue weighted by atomic mass is 10.3. The van der Waals surface area contributed by atoms with Crippen molar-refractivity contribution in [2.75, 3.05) is 5.73 Å². The molecule has 0 fully saturated rings. The molecule has 0 amide bonds. The Bertz CT molecular complexity index is 221. The molecule has 0 atom stereocenters. The molecular weight excluding hydrogens is 104 g/mol. The summed E-state index contributed by atoms with van der Waals surface area (Å²) >= 11 is 0. The Morgan fingerprint density at radius 3 is 2.62 bits per heavy atom. The topological polar surface area (TPSA) is 63.0 Å². The summed E-state index contributed by atoms with van der Waals surface area (Å²) in [6, 6.07) is 1.86. The Balaban J connectivity index is 3.15. The van der Waals surface area contributed by atoms with Crippen LogP contribution in [0.1, 0.15) is 5.56 Å². The number of nitrogens with zero attached hydrogens (tertiary/aromatic N) is 1. The van der Waals surface area contributed by atoms with Crippen molar-refractivity contribution in [3.63, 3.8) is 0 Å². The largest absolute Gasteiger partial charge is 0.469 e. The predicted molar refractivity (Wildman–Crippen MR) is 27.8 cm³/mol. The zero-order valence-corrected chi connectivity index (χ0v) is 4.09. The molecule has 0 saturated carbocycles. The van der Waals surface area contributed by atoms with Crippen molar-refractivity contribution in [1.29, 1.82) is 5.26 Å². The third kappa shape index (κ3) is 0.521. The van der Waals surface area contributed by atoms with E-state index in [2.05, 4.69) is 4.42 Å². The SMILES string of the molecule is N#Cc1cocc1N. The minimum atomic E-state index is 0.394. The van der Waals surface area contributed by atoms with Crippen molar-refractivity contribution in [1.82, 2.24) is 0 Å². The Hall–Kier alpha value is -1.43. The molecule has 0 bridgehead atoms. The van der Waals surface area contributed by atoms with E-state index in [0.29, 0.717) is 11.3 Å². The second-order valence-corrected chi connectivity index (χ2v) is 1.35. The van der Waals surface area contributed by atoms with Gasteiger partial charge in [-0.15, -0.1) is 0 Å². The molecule has 3 heteroatoms. The fraction of sp³-hybridized carbons (Fsp3) is 0. The number of furan rings is 1. The monoisotopic (exact) mass is 108 g/mol. The molecule has 0 spiro atoms. The van der Waals surface area contributed by atoms with Gasteiger partial charge in [0.1, 0.15) is 24.2 Å². The Morgan fingerprint density at radius 1 is 1.62 bits per heavy atom. The third-order valence-electron chi connectivity index (χ3n) is 0.812. The summed E-state index contributed by atoms with van der Waals surface area (Å²) in [6.45, 7) is 0. The highest BCUT2D eigenvalue weighted by molar-refractivity contribution is 5.50. The van der Waals surface area contributed by atoms with Gasteiger partial charge in [-0.05, 0) is 0 Å². The minimum absolute atomic E-state index is 0.394. The smallest absolute Gasteiger partial charge is 0.115 e. The molecule has 0 unspecified atom stereocenters. The first-order chi connectivity index (χ1) is 3.84. The minimum Gasteiger partial charge on any atom is -0.469 e. The zero-order valence-electron chi connectivity index (χ0n) is 4.09. The van der Waals surface area contributed by atoms with Crippen LogP contribution >= 0.6 is 0 Å². The molecule has 40 valence electrons. The molecule has 0 aliphatic rings. The van der Waals surface area contributed by atoms with Crippen molar-refractivity contribution >= 4 is 5.69 Å². The quantitative estimate of drug-likeness (QED) is 0.533. The number of nitriles is 1. The number of hydrogen-bond donors (Lipinski definition) is 1. The van der Waals surface area contributed by atoms with Crippen LogP contribution in [-0.4, -0.2) is 0 Å². The fourth-order valence-corrected chi connectivity index (χ4v) is 0.398. The number of nitrogen functional groups attached to an aromatic ring is 1. The summed E-state index contributed by atoms with van der Waals surface area (Å²) in [5.41, 5.74) is 6.02. The van der Waals surface area contributed by atoms with Gasteiger partial charge in [-0.25, -0.2) is 0 Å². The van der Waals surface area contributed by atoms with Gasteiger partial charge in [0.2, 0.25) is 0 Å². The third-order valence-corrected chi connectivity index (χ3v) is 0.812. The second-order valence-electron chi connectivity index (χ2n) is 1.35. The standard InChI is InChI=1S/C5H4N2O/c6-1-4-2-8-3-5(4)7/h2-3H,7H2. The summed E-state index contributed by atoms with van der Waals surface area (Å²) in [7, 11) is 0. The molecule has 2 N–H and O–H groups in total. The predicted octanol–water partition coefficient (Wildman–Crippen LogP) is 0.733. The van der Waals surface area contributed by atoms with Crippen LogP contribution in [0.2, 0.25) is 0 Å². The summed E-state index contributed by atoms with van der Waals surface area (Å²) in [6.07, 6.45) is 2.65. The lowest BCUT2D eigenvalue weighted by Gasteiger charge is -1.75. The van der Waals surface area contributed by atoms with Gasteiger partial charge in [-0.3, -0.25) is 0 Å². The number of anilines is 1. The van der Waals surface area contributed by atoms with Crippen LogP contribution in [0.15, 0.2) is 16.9 Å². The van der Waals surface area contributed by atoms with Crippen LogP contribution in [-0.2, 0) is 0 Å². The maximum Gasteiger partial charge on any atom is 0.115 e. The highest BCUT2D eigenvalue weighted by atomic mass is 16.3. The maximum absolute atomic E-state index is 8.22. The molecule has 0 aliphatic heterocycles. The van der Waals surface area contributed by atoms with E-state index in [1.165, 1.54) is 12.5 Å².